The number of aliphatic imine (C=N–C) groups is 1. The molecule has 1 aromatic heterocycles. The molecule has 86 valence electrons. The lowest BCUT2D eigenvalue weighted by Crippen LogP contribution is -2.23. The zero-order valence-corrected chi connectivity index (χ0v) is 11.3. The molecule has 0 aliphatic carbocycles. The molecular weight excluding hydrogens is 238 g/mol. The molecule has 0 atom stereocenters. The van der Waals surface area contributed by atoms with E-state index in [1.807, 2.05) is 12.4 Å². The molecule has 0 fully saturated rings. The van der Waals surface area contributed by atoms with Gasteiger partial charge < -0.3 is 0 Å². The highest BCUT2D eigenvalue weighted by Crippen LogP contribution is 2.27. The van der Waals surface area contributed by atoms with Crippen LogP contribution in [-0.2, 0) is 5.41 Å². The molecule has 0 unspecified atom stereocenters. The maximum absolute atomic E-state index is 8.53. The van der Waals surface area contributed by atoms with Crippen LogP contribution in [0.2, 0.25) is 0 Å². The fraction of sp³-hybridized carbons (Fsp3) is 0.455. The fourth-order valence-corrected chi connectivity index (χ4v) is 2.40. The van der Waals surface area contributed by atoms with Gasteiger partial charge in [-0.25, -0.2) is 0 Å². The number of nitrogens with one attached hydrogen (secondary N) is 1. The Hall–Kier alpha value is -0.990. The molecule has 3 nitrogen and oxygen atoms in total. The zero-order chi connectivity index (χ0) is 12.0. The Balaban J connectivity index is 2.70. The van der Waals surface area contributed by atoms with E-state index in [-0.39, 0.29) is 5.41 Å². The summed E-state index contributed by atoms with van der Waals surface area (Å²) in [7, 11) is 0. The van der Waals surface area contributed by atoms with Crippen LogP contribution in [0.15, 0.2) is 22.5 Å². The van der Waals surface area contributed by atoms with Crippen LogP contribution in [0.1, 0.15) is 18.7 Å². The van der Waals surface area contributed by atoms with Crippen LogP contribution >= 0.6 is 23.1 Å². The van der Waals surface area contributed by atoms with E-state index in [9.17, 15) is 0 Å². The van der Waals surface area contributed by atoms with E-state index in [1.165, 1.54) is 16.6 Å². The van der Waals surface area contributed by atoms with Gasteiger partial charge in [-0.3, -0.25) is 10.3 Å². The van der Waals surface area contributed by atoms with Gasteiger partial charge in [0.1, 0.15) is 0 Å². The molecule has 0 saturated heterocycles. The summed E-state index contributed by atoms with van der Waals surface area (Å²) in [4.78, 5) is 5.73. The van der Waals surface area contributed by atoms with E-state index >= 15 is 0 Å². The molecule has 0 radical (unpaired) electrons. The summed E-state index contributed by atoms with van der Waals surface area (Å²) < 4.78 is 0. The summed E-state index contributed by atoms with van der Waals surface area (Å²) in [6.45, 7) is 5.00. The van der Waals surface area contributed by atoms with Crippen molar-refractivity contribution in [1.82, 2.24) is 5.32 Å². The Morgan fingerprint density at radius 2 is 2.44 bits per heavy atom. The van der Waals surface area contributed by atoms with Gasteiger partial charge >= 0.3 is 0 Å². The molecule has 16 heavy (non-hydrogen) atoms. The topological polar surface area (TPSA) is 48.2 Å². The second-order valence-corrected chi connectivity index (χ2v) is 5.67. The van der Waals surface area contributed by atoms with Crippen LogP contribution in [0.4, 0.5) is 0 Å². The number of amidine groups is 1. The monoisotopic (exact) mass is 253 g/mol. The van der Waals surface area contributed by atoms with Crippen LogP contribution in [0.5, 0.6) is 0 Å². The molecule has 1 heterocycles. The summed E-state index contributed by atoms with van der Waals surface area (Å²) in [5.74, 6) is 0. The van der Waals surface area contributed by atoms with Gasteiger partial charge in [-0.15, -0.1) is 11.3 Å². The number of hydrogen-bond acceptors (Lipinski definition) is 4. The molecule has 0 aromatic carbocycles. The van der Waals surface area contributed by atoms with Gasteiger partial charge in [-0.1, -0.05) is 31.7 Å². The zero-order valence-electron chi connectivity index (χ0n) is 9.65. The minimum Gasteiger partial charge on any atom is -0.272 e. The second-order valence-electron chi connectivity index (χ2n) is 3.92. The first kappa shape index (κ1) is 13.1. The van der Waals surface area contributed by atoms with Crippen LogP contribution in [-0.4, -0.2) is 18.0 Å². The van der Waals surface area contributed by atoms with Gasteiger partial charge in [0.2, 0.25) is 0 Å². The Morgan fingerprint density at radius 1 is 1.69 bits per heavy atom. The summed E-state index contributed by atoms with van der Waals surface area (Å²) in [6, 6.07) is 4.17. The highest BCUT2D eigenvalue weighted by molar-refractivity contribution is 8.13. The van der Waals surface area contributed by atoms with Gasteiger partial charge in [0.05, 0.1) is 6.54 Å². The summed E-state index contributed by atoms with van der Waals surface area (Å²) in [5, 5.41) is 13.8. The molecule has 1 rings (SSSR count). The standard InChI is InChI=1S/C11H15N3S2/c1-11(2,9-5-4-6-16-9)7-13-10(15-3)14-8-12/h4-6H,7H2,1-3H3,(H,13,14). The number of hydrogen-bond donors (Lipinski definition) is 1. The highest BCUT2D eigenvalue weighted by atomic mass is 32.2. The maximum atomic E-state index is 8.53. The van der Waals surface area contributed by atoms with Gasteiger partial charge in [-0.2, -0.15) is 5.26 Å². The van der Waals surface area contributed by atoms with Crippen molar-refractivity contribution in [3.05, 3.63) is 22.4 Å². The highest BCUT2D eigenvalue weighted by Gasteiger charge is 2.21. The number of nitriles is 1. The summed E-state index contributed by atoms with van der Waals surface area (Å²) in [6.07, 6.45) is 3.79. The van der Waals surface area contributed by atoms with Crippen molar-refractivity contribution < 1.29 is 0 Å². The first-order chi connectivity index (χ1) is 7.60. The minimum atomic E-state index is 0.0201. The molecule has 0 aliphatic heterocycles. The predicted molar refractivity (Wildman–Crippen MR) is 71.9 cm³/mol. The van der Waals surface area contributed by atoms with Crippen molar-refractivity contribution in [2.24, 2.45) is 4.99 Å². The summed E-state index contributed by atoms with van der Waals surface area (Å²) in [5.41, 5.74) is 0.0201. The number of thioether (sulfide) groups is 1. The van der Waals surface area contributed by atoms with Crippen molar-refractivity contribution >= 4 is 28.3 Å². The molecule has 0 bridgehead atoms. The second kappa shape index (κ2) is 5.92. The van der Waals surface area contributed by atoms with Crippen molar-refractivity contribution in [1.29, 1.82) is 5.26 Å². The molecule has 0 saturated carbocycles. The molecular formula is C11H15N3S2. The van der Waals surface area contributed by atoms with E-state index < -0.39 is 0 Å². The van der Waals surface area contributed by atoms with Gasteiger partial charge in [0, 0.05) is 10.3 Å². The average Bonchev–Trinajstić information content (AvgIpc) is 2.78. The quantitative estimate of drug-likeness (QED) is 0.390. The molecule has 0 aliphatic rings. The van der Waals surface area contributed by atoms with E-state index in [4.69, 9.17) is 5.26 Å². The van der Waals surface area contributed by atoms with Crippen LogP contribution in [0, 0.1) is 11.5 Å². The maximum Gasteiger partial charge on any atom is 0.183 e. The third-order valence-corrected chi connectivity index (χ3v) is 4.02. The minimum absolute atomic E-state index is 0.0201. The predicted octanol–water partition coefficient (Wildman–Crippen LogP) is 2.82. The van der Waals surface area contributed by atoms with Crippen molar-refractivity contribution in [2.75, 3.05) is 12.8 Å². The van der Waals surface area contributed by atoms with Crippen LogP contribution < -0.4 is 5.32 Å². The van der Waals surface area contributed by atoms with E-state index in [2.05, 4.69) is 41.7 Å². The average molecular weight is 253 g/mol. The van der Waals surface area contributed by atoms with Crippen molar-refractivity contribution in [3.63, 3.8) is 0 Å². The lowest BCUT2D eigenvalue weighted by molar-refractivity contribution is 0.552. The molecule has 0 spiro atoms. The molecule has 0 amide bonds. The largest absolute Gasteiger partial charge is 0.272 e. The summed E-state index contributed by atoms with van der Waals surface area (Å²) >= 11 is 3.19. The van der Waals surface area contributed by atoms with Gasteiger partial charge in [0.25, 0.3) is 0 Å². The molecule has 5 heteroatoms. The first-order valence-electron chi connectivity index (χ1n) is 4.87. The van der Waals surface area contributed by atoms with Crippen LogP contribution in [0.3, 0.4) is 0 Å². The lowest BCUT2D eigenvalue weighted by atomic mass is 9.92. The van der Waals surface area contributed by atoms with Gasteiger partial charge in [0.15, 0.2) is 11.4 Å². The van der Waals surface area contributed by atoms with Crippen molar-refractivity contribution in [3.8, 4) is 6.19 Å². The number of thiophene rings is 1. The first-order valence-corrected chi connectivity index (χ1v) is 6.98. The molecule has 1 aromatic rings. The fourth-order valence-electron chi connectivity index (χ4n) is 1.21. The lowest BCUT2D eigenvalue weighted by Gasteiger charge is -2.20. The third kappa shape index (κ3) is 3.54. The Morgan fingerprint density at radius 3 is 2.94 bits per heavy atom. The van der Waals surface area contributed by atoms with E-state index in [0.29, 0.717) is 11.7 Å². The van der Waals surface area contributed by atoms with Gasteiger partial charge in [-0.05, 0) is 17.7 Å². The van der Waals surface area contributed by atoms with E-state index in [1.54, 1.807) is 11.3 Å². The number of rotatable bonds is 3. The third-order valence-electron chi connectivity index (χ3n) is 2.16. The smallest absolute Gasteiger partial charge is 0.183 e. The SMILES string of the molecule is CSC(=NCC(C)(C)c1cccs1)NC#N. The van der Waals surface area contributed by atoms with Crippen LogP contribution in [0.25, 0.3) is 0 Å². The Bertz CT molecular complexity index is 388. The van der Waals surface area contributed by atoms with Crippen molar-refractivity contribution in [2.45, 2.75) is 19.3 Å². The normalized spacial score (nSPS) is 12.2. The Labute approximate surface area is 105 Å². The number of nitrogens with zero attached hydrogens (tertiary/aromatic N) is 2. The molecule has 1 N–H and O–H groups in total. The van der Waals surface area contributed by atoms with E-state index in [0.717, 1.165) is 0 Å². The Kier molecular flexibility index (Phi) is 4.84.